The van der Waals surface area contributed by atoms with Crippen LogP contribution in [0.25, 0.3) is 0 Å². The van der Waals surface area contributed by atoms with Crippen LogP contribution in [-0.4, -0.2) is 12.6 Å². The summed E-state index contributed by atoms with van der Waals surface area (Å²) in [6.07, 6.45) is 5.26. The maximum absolute atomic E-state index is 5.31. The van der Waals surface area contributed by atoms with Crippen molar-refractivity contribution >= 4 is 31.9 Å². The second-order valence-corrected chi connectivity index (χ2v) is 6.92. The van der Waals surface area contributed by atoms with E-state index in [1.54, 1.807) is 7.11 Å². The molecule has 1 aromatic carbocycles. The summed E-state index contributed by atoms with van der Waals surface area (Å²) in [5.41, 5.74) is 1.58. The van der Waals surface area contributed by atoms with E-state index in [1.165, 1.54) is 31.2 Å². The minimum Gasteiger partial charge on any atom is -0.494 e. The van der Waals surface area contributed by atoms with Gasteiger partial charge in [0.2, 0.25) is 0 Å². The quantitative estimate of drug-likeness (QED) is 0.826. The molecule has 0 bridgehead atoms. The lowest BCUT2D eigenvalue weighted by molar-refractivity contribution is 0.362. The summed E-state index contributed by atoms with van der Waals surface area (Å²) in [4.78, 5) is 0. The first-order chi connectivity index (χ1) is 8.54. The Labute approximate surface area is 126 Å². The Morgan fingerprint density at radius 1 is 1.22 bits per heavy atom. The summed E-state index contributed by atoms with van der Waals surface area (Å²) in [5, 5.41) is 3.68. The van der Waals surface area contributed by atoms with Crippen molar-refractivity contribution in [2.24, 2.45) is 0 Å². The molecule has 1 aliphatic rings. The van der Waals surface area contributed by atoms with E-state index >= 15 is 0 Å². The fourth-order valence-corrected chi connectivity index (χ4v) is 4.16. The molecule has 0 saturated heterocycles. The SMILES string of the molecule is COc1c(Br)cc(CNC2(C)CCCC2)cc1Br. The Morgan fingerprint density at radius 3 is 2.28 bits per heavy atom. The monoisotopic (exact) mass is 375 g/mol. The van der Waals surface area contributed by atoms with Gasteiger partial charge in [0.15, 0.2) is 0 Å². The summed E-state index contributed by atoms with van der Waals surface area (Å²) in [6.45, 7) is 3.23. The van der Waals surface area contributed by atoms with E-state index in [0.717, 1.165) is 21.2 Å². The van der Waals surface area contributed by atoms with Crippen LogP contribution in [0.1, 0.15) is 38.2 Å². The van der Waals surface area contributed by atoms with Crippen molar-refractivity contribution in [1.29, 1.82) is 0 Å². The molecule has 1 aliphatic carbocycles. The molecular weight excluding hydrogens is 358 g/mol. The lowest BCUT2D eigenvalue weighted by Crippen LogP contribution is -2.38. The van der Waals surface area contributed by atoms with Crippen molar-refractivity contribution in [2.45, 2.75) is 44.7 Å². The molecule has 0 radical (unpaired) electrons. The fourth-order valence-electron chi connectivity index (χ4n) is 2.56. The number of ether oxygens (including phenoxy) is 1. The highest BCUT2D eigenvalue weighted by atomic mass is 79.9. The van der Waals surface area contributed by atoms with Crippen LogP contribution in [0.15, 0.2) is 21.1 Å². The summed E-state index contributed by atoms with van der Waals surface area (Å²) in [5.74, 6) is 0.853. The van der Waals surface area contributed by atoms with E-state index < -0.39 is 0 Å². The van der Waals surface area contributed by atoms with Gasteiger partial charge in [-0.3, -0.25) is 0 Å². The molecule has 0 heterocycles. The number of nitrogens with one attached hydrogen (secondary N) is 1. The molecule has 0 spiro atoms. The van der Waals surface area contributed by atoms with Crippen LogP contribution in [0.2, 0.25) is 0 Å². The third-order valence-electron chi connectivity index (χ3n) is 3.69. The molecular formula is C14H19Br2NO. The van der Waals surface area contributed by atoms with Gasteiger partial charge in [-0.05, 0) is 69.3 Å². The van der Waals surface area contributed by atoms with Crippen LogP contribution in [0.5, 0.6) is 5.75 Å². The summed E-state index contributed by atoms with van der Waals surface area (Å²) >= 11 is 7.08. The molecule has 1 aromatic rings. The first-order valence-corrected chi connectivity index (χ1v) is 7.90. The Balaban J connectivity index is 2.06. The van der Waals surface area contributed by atoms with E-state index in [9.17, 15) is 0 Å². The van der Waals surface area contributed by atoms with Crippen LogP contribution in [0.4, 0.5) is 0 Å². The Bertz CT molecular complexity index is 405. The largest absolute Gasteiger partial charge is 0.494 e. The molecule has 2 nitrogen and oxygen atoms in total. The smallest absolute Gasteiger partial charge is 0.147 e. The highest BCUT2D eigenvalue weighted by molar-refractivity contribution is 9.11. The molecule has 0 unspecified atom stereocenters. The van der Waals surface area contributed by atoms with E-state index in [2.05, 4.69) is 56.2 Å². The summed E-state index contributed by atoms with van der Waals surface area (Å²) in [6, 6.07) is 4.24. The van der Waals surface area contributed by atoms with Crippen molar-refractivity contribution in [1.82, 2.24) is 5.32 Å². The fraction of sp³-hybridized carbons (Fsp3) is 0.571. The van der Waals surface area contributed by atoms with Crippen LogP contribution >= 0.6 is 31.9 Å². The van der Waals surface area contributed by atoms with Gasteiger partial charge in [0.25, 0.3) is 0 Å². The van der Waals surface area contributed by atoms with Crippen LogP contribution in [0.3, 0.4) is 0 Å². The Morgan fingerprint density at radius 2 is 1.78 bits per heavy atom. The van der Waals surface area contributed by atoms with Crippen LogP contribution in [-0.2, 0) is 6.54 Å². The highest BCUT2D eigenvalue weighted by Crippen LogP contribution is 2.35. The molecule has 0 aliphatic heterocycles. The number of hydrogen-bond donors (Lipinski definition) is 1. The third-order valence-corrected chi connectivity index (χ3v) is 4.87. The number of benzene rings is 1. The average Bonchev–Trinajstić information content (AvgIpc) is 2.74. The minimum absolute atomic E-state index is 0.318. The van der Waals surface area contributed by atoms with Gasteiger partial charge in [-0.1, -0.05) is 12.8 Å². The van der Waals surface area contributed by atoms with E-state index in [1.807, 2.05) is 0 Å². The van der Waals surface area contributed by atoms with Gasteiger partial charge in [0.1, 0.15) is 5.75 Å². The van der Waals surface area contributed by atoms with Crippen LogP contribution in [0, 0.1) is 0 Å². The predicted molar refractivity (Wildman–Crippen MR) is 82.1 cm³/mol. The summed E-state index contributed by atoms with van der Waals surface area (Å²) in [7, 11) is 1.68. The zero-order valence-electron chi connectivity index (χ0n) is 10.9. The molecule has 1 saturated carbocycles. The van der Waals surface area contributed by atoms with Crippen molar-refractivity contribution in [3.63, 3.8) is 0 Å². The van der Waals surface area contributed by atoms with E-state index in [-0.39, 0.29) is 0 Å². The molecule has 4 heteroatoms. The second-order valence-electron chi connectivity index (χ2n) is 5.21. The van der Waals surface area contributed by atoms with Gasteiger partial charge in [0, 0.05) is 12.1 Å². The number of halogens is 2. The molecule has 100 valence electrons. The van der Waals surface area contributed by atoms with Crippen molar-refractivity contribution < 1.29 is 4.74 Å². The van der Waals surface area contributed by atoms with Gasteiger partial charge in [0.05, 0.1) is 16.1 Å². The molecule has 1 fully saturated rings. The first-order valence-electron chi connectivity index (χ1n) is 6.31. The summed E-state index contributed by atoms with van der Waals surface area (Å²) < 4.78 is 7.30. The first kappa shape index (κ1) is 14.4. The maximum atomic E-state index is 5.31. The maximum Gasteiger partial charge on any atom is 0.147 e. The Hall–Kier alpha value is -0.0600. The minimum atomic E-state index is 0.318. The van der Waals surface area contributed by atoms with Crippen molar-refractivity contribution in [3.05, 3.63) is 26.6 Å². The third kappa shape index (κ3) is 3.28. The molecule has 2 rings (SSSR count). The lowest BCUT2D eigenvalue weighted by atomic mass is 10.0. The molecule has 18 heavy (non-hydrogen) atoms. The topological polar surface area (TPSA) is 21.3 Å². The number of rotatable bonds is 4. The second kappa shape index (κ2) is 5.93. The Kier molecular flexibility index (Phi) is 4.73. The van der Waals surface area contributed by atoms with Crippen LogP contribution < -0.4 is 10.1 Å². The standard InChI is InChI=1S/C14H19Br2NO/c1-14(5-3-4-6-14)17-9-10-7-11(15)13(18-2)12(16)8-10/h7-8,17H,3-6,9H2,1-2H3. The van der Waals surface area contributed by atoms with E-state index in [0.29, 0.717) is 5.54 Å². The van der Waals surface area contributed by atoms with E-state index in [4.69, 9.17) is 4.74 Å². The molecule has 0 aromatic heterocycles. The van der Waals surface area contributed by atoms with Gasteiger partial charge in [-0.2, -0.15) is 0 Å². The van der Waals surface area contributed by atoms with Gasteiger partial charge in [-0.15, -0.1) is 0 Å². The lowest BCUT2D eigenvalue weighted by Gasteiger charge is -2.25. The molecule has 0 amide bonds. The molecule has 0 atom stereocenters. The normalized spacial score (nSPS) is 18.0. The van der Waals surface area contributed by atoms with Crippen molar-refractivity contribution in [2.75, 3.05) is 7.11 Å². The predicted octanol–water partition coefficient (Wildman–Crippen LogP) is 4.64. The number of methoxy groups -OCH3 is 1. The zero-order chi connectivity index (χ0) is 13.2. The van der Waals surface area contributed by atoms with Crippen molar-refractivity contribution in [3.8, 4) is 5.75 Å². The molecule has 1 N–H and O–H groups in total. The van der Waals surface area contributed by atoms with Gasteiger partial charge < -0.3 is 10.1 Å². The zero-order valence-corrected chi connectivity index (χ0v) is 14.0. The van der Waals surface area contributed by atoms with Gasteiger partial charge in [-0.25, -0.2) is 0 Å². The highest BCUT2D eigenvalue weighted by Gasteiger charge is 2.27. The average molecular weight is 377 g/mol. The number of hydrogen-bond acceptors (Lipinski definition) is 2. The van der Waals surface area contributed by atoms with Gasteiger partial charge >= 0.3 is 0 Å².